The molecule has 0 spiro atoms. The van der Waals surface area contributed by atoms with Crippen LogP contribution in [0.3, 0.4) is 0 Å². The molecule has 1 atom stereocenters. The second kappa shape index (κ2) is 6.29. The summed E-state index contributed by atoms with van der Waals surface area (Å²) in [6.45, 7) is 0.303. The molecular weight excluding hydrogens is 296 g/mol. The van der Waals surface area contributed by atoms with E-state index in [-0.39, 0.29) is 5.91 Å². The molecule has 1 heterocycles. The van der Waals surface area contributed by atoms with Gasteiger partial charge in [-0.05, 0) is 46.8 Å². The zero-order chi connectivity index (χ0) is 13.0. The number of pyridine rings is 1. The van der Waals surface area contributed by atoms with Gasteiger partial charge >= 0.3 is 0 Å². The van der Waals surface area contributed by atoms with Gasteiger partial charge in [-0.2, -0.15) is 0 Å². The summed E-state index contributed by atoms with van der Waals surface area (Å²) in [6, 6.07) is 5.19. The van der Waals surface area contributed by atoms with E-state index in [4.69, 9.17) is 0 Å². The minimum atomic E-state index is -0.441. The summed E-state index contributed by atoms with van der Waals surface area (Å²) in [5.74, 6) is 0.0918. The van der Waals surface area contributed by atoms with E-state index >= 15 is 0 Å². The van der Waals surface area contributed by atoms with Gasteiger partial charge in [-0.1, -0.05) is 18.9 Å². The van der Waals surface area contributed by atoms with Gasteiger partial charge in [0.05, 0.1) is 6.10 Å². The Kier molecular flexibility index (Phi) is 4.72. The fourth-order valence-corrected chi connectivity index (χ4v) is 2.68. The second-order valence-corrected chi connectivity index (χ2v) is 5.48. The third-order valence-corrected chi connectivity index (χ3v) is 3.81. The minimum Gasteiger partial charge on any atom is -0.391 e. The Bertz CT molecular complexity index is 419. The molecule has 1 amide bonds. The first kappa shape index (κ1) is 13.5. The van der Waals surface area contributed by atoms with Crippen LogP contribution < -0.4 is 5.32 Å². The molecule has 1 aliphatic rings. The number of rotatable bonds is 4. The topological polar surface area (TPSA) is 62.2 Å². The molecule has 0 aliphatic heterocycles. The predicted molar refractivity (Wildman–Crippen MR) is 72.2 cm³/mol. The molecule has 18 heavy (non-hydrogen) atoms. The van der Waals surface area contributed by atoms with Crippen LogP contribution in [0.25, 0.3) is 0 Å². The van der Waals surface area contributed by atoms with Crippen LogP contribution in [-0.4, -0.2) is 28.6 Å². The number of halogens is 1. The smallest absolute Gasteiger partial charge is 0.270 e. The van der Waals surface area contributed by atoms with Crippen molar-refractivity contribution in [1.29, 1.82) is 0 Å². The van der Waals surface area contributed by atoms with Crippen molar-refractivity contribution in [2.45, 2.75) is 31.8 Å². The maximum atomic E-state index is 11.8. The van der Waals surface area contributed by atoms with E-state index in [0.29, 0.717) is 22.8 Å². The van der Waals surface area contributed by atoms with Crippen LogP contribution in [0.5, 0.6) is 0 Å². The maximum Gasteiger partial charge on any atom is 0.270 e. The fraction of sp³-hybridized carbons (Fsp3) is 0.538. The van der Waals surface area contributed by atoms with Crippen molar-refractivity contribution in [1.82, 2.24) is 10.3 Å². The quantitative estimate of drug-likeness (QED) is 0.837. The molecule has 1 saturated carbocycles. The standard InChI is InChI=1S/C13H17BrN2O2/c14-12-7-3-6-10(16-12)13(18)15-8-11(17)9-4-1-2-5-9/h3,6-7,9,11,17H,1-2,4-5,8H2,(H,15,18). The van der Waals surface area contributed by atoms with E-state index in [1.807, 2.05) is 0 Å². The first-order chi connectivity index (χ1) is 8.66. The lowest BCUT2D eigenvalue weighted by molar-refractivity contribution is 0.0836. The van der Waals surface area contributed by atoms with Crippen molar-refractivity contribution in [3.63, 3.8) is 0 Å². The molecule has 4 nitrogen and oxygen atoms in total. The molecule has 0 radical (unpaired) electrons. The fourth-order valence-electron chi connectivity index (χ4n) is 2.33. The average Bonchev–Trinajstić information content (AvgIpc) is 2.89. The number of amides is 1. The Hall–Kier alpha value is -0.940. The lowest BCUT2D eigenvalue weighted by Gasteiger charge is -2.17. The van der Waals surface area contributed by atoms with Gasteiger partial charge < -0.3 is 10.4 Å². The van der Waals surface area contributed by atoms with Gasteiger partial charge in [-0.3, -0.25) is 4.79 Å². The van der Waals surface area contributed by atoms with Crippen LogP contribution in [0.1, 0.15) is 36.2 Å². The third kappa shape index (κ3) is 3.53. The van der Waals surface area contributed by atoms with Crippen molar-refractivity contribution in [3.05, 3.63) is 28.5 Å². The Morgan fingerprint density at radius 2 is 2.22 bits per heavy atom. The molecule has 2 N–H and O–H groups in total. The van der Waals surface area contributed by atoms with Crippen molar-refractivity contribution in [3.8, 4) is 0 Å². The van der Waals surface area contributed by atoms with Crippen LogP contribution in [0, 0.1) is 5.92 Å². The maximum absolute atomic E-state index is 11.8. The largest absolute Gasteiger partial charge is 0.391 e. The number of hydrogen-bond acceptors (Lipinski definition) is 3. The zero-order valence-corrected chi connectivity index (χ0v) is 11.7. The van der Waals surface area contributed by atoms with Crippen molar-refractivity contribution in [2.75, 3.05) is 6.54 Å². The van der Waals surface area contributed by atoms with E-state index in [0.717, 1.165) is 12.8 Å². The minimum absolute atomic E-state index is 0.242. The van der Waals surface area contributed by atoms with E-state index in [9.17, 15) is 9.90 Å². The molecule has 1 aromatic heterocycles. The Balaban J connectivity index is 1.84. The number of nitrogens with one attached hydrogen (secondary N) is 1. The van der Waals surface area contributed by atoms with Gasteiger partial charge in [0.15, 0.2) is 0 Å². The lowest BCUT2D eigenvalue weighted by atomic mass is 10.0. The third-order valence-electron chi connectivity index (χ3n) is 3.36. The number of aromatic nitrogens is 1. The van der Waals surface area contributed by atoms with E-state index < -0.39 is 6.10 Å². The highest BCUT2D eigenvalue weighted by Gasteiger charge is 2.23. The second-order valence-electron chi connectivity index (χ2n) is 4.67. The van der Waals surface area contributed by atoms with E-state index in [2.05, 4.69) is 26.2 Å². The SMILES string of the molecule is O=C(NCC(O)C1CCCC1)c1cccc(Br)n1. The molecule has 1 aliphatic carbocycles. The van der Waals surface area contributed by atoms with Crippen LogP contribution in [0.15, 0.2) is 22.8 Å². The Morgan fingerprint density at radius 3 is 2.89 bits per heavy atom. The van der Waals surface area contributed by atoms with Crippen molar-refractivity contribution in [2.24, 2.45) is 5.92 Å². The van der Waals surface area contributed by atoms with Crippen molar-refractivity contribution >= 4 is 21.8 Å². The summed E-state index contributed by atoms with van der Waals surface area (Å²) in [5, 5.41) is 12.7. The molecule has 1 unspecified atom stereocenters. The van der Waals surface area contributed by atoms with Crippen LogP contribution in [0.2, 0.25) is 0 Å². The lowest BCUT2D eigenvalue weighted by Crippen LogP contribution is -2.35. The number of aliphatic hydroxyl groups excluding tert-OH is 1. The number of carbonyl (C=O) groups excluding carboxylic acids is 1. The van der Waals surface area contributed by atoms with Gasteiger partial charge in [0, 0.05) is 6.54 Å². The predicted octanol–water partition coefficient (Wildman–Crippen LogP) is 2.12. The van der Waals surface area contributed by atoms with Gasteiger partial charge in [0.2, 0.25) is 0 Å². The molecule has 0 aromatic carbocycles. The summed E-state index contributed by atoms with van der Waals surface area (Å²) in [6.07, 6.45) is 4.05. The van der Waals surface area contributed by atoms with Gasteiger partial charge in [-0.15, -0.1) is 0 Å². The molecule has 0 saturated heterocycles. The monoisotopic (exact) mass is 312 g/mol. The first-order valence-corrected chi connectivity index (χ1v) is 7.05. The Morgan fingerprint density at radius 1 is 1.50 bits per heavy atom. The van der Waals surface area contributed by atoms with Crippen molar-refractivity contribution < 1.29 is 9.90 Å². The molecule has 2 rings (SSSR count). The molecule has 1 fully saturated rings. The summed E-state index contributed by atoms with van der Waals surface area (Å²) in [4.78, 5) is 15.9. The van der Waals surface area contributed by atoms with Crippen LogP contribution in [0.4, 0.5) is 0 Å². The summed E-state index contributed by atoms with van der Waals surface area (Å²) >= 11 is 3.22. The summed E-state index contributed by atoms with van der Waals surface area (Å²) in [7, 11) is 0. The zero-order valence-electron chi connectivity index (χ0n) is 10.1. The molecular formula is C13H17BrN2O2. The highest BCUT2D eigenvalue weighted by atomic mass is 79.9. The van der Waals surface area contributed by atoms with Gasteiger partial charge in [0.1, 0.15) is 10.3 Å². The molecule has 1 aromatic rings. The number of nitrogens with zero attached hydrogens (tertiary/aromatic N) is 1. The first-order valence-electron chi connectivity index (χ1n) is 6.25. The summed E-state index contributed by atoms with van der Waals surface area (Å²) < 4.78 is 0.631. The van der Waals surface area contributed by atoms with E-state index in [1.165, 1.54) is 12.8 Å². The highest BCUT2D eigenvalue weighted by molar-refractivity contribution is 9.10. The average molecular weight is 313 g/mol. The van der Waals surface area contributed by atoms with Crippen LogP contribution in [-0.2, 0) is 0 Å². The normalized spacial score (nSPS) is 17.7. The van der Waals surface area contributed by atoms with Gasteiger partial charge in [0.25, 0.3) is 5.91 Å². The van der Waals surface area contributed by atoms with Crippen LogP contribution >= 0.6 is 15.9 Å². The number of aliphatic hydroxyl groups is 1. The van der Waals surface area contributed by atoms with E-state index in [1.54, 1.807) is 18.2 Å². The molecule has 5 heteroatoms. The molecule has 98 valence electrons. The number of hydrogen-bond donors (Lipinski definition) is 2. The Labute approximate surface area is 115 Å². The van der Waals surface area contributed by atoms with Gasteiger partial charge in [-0.25, -0.2) is 4.98 Å². The summed E-state index contributed by atoms with van der Waals surface area (Å²) in [5.41, 5.74) is 0.364. The highest BCUT2D eigenvalue weighted by Crippen LogP contribution is 2.27. The molecule has 0 bridgehead atoms. The number of carbonyl (C=O) groups is 1.